The van der Waals surface area contributed by atoms with E-state index in [2.05, 4.69) is 10.6 Å². The number of carbonyl (C=O) groups excluding carboxylic acids is 2. The Morgan fingerprint density at radius 1 is 0.880 bits per heavy atom. The first kappa shape index (κ1) is 16.9. The first-order valence-electron chi connectivity index (χ1n) is 7.96. The first-order chi connectivity index (χ1) is 12.2. The Kier molecular flexibility index (Phi) is 5.59. The Balaban J connectivity index is 1.75. The molecule has 2 amide bonds. The summed E-state index contributed by atoms with van der Waals surface area (Å²) in [6.45, 7) is 0. The molecule has 1 heterocycles. The molecule has 0 aliphatic rings. The fraction of sp³-hybridized carbons (Fsp3) is 0.100. The van der Waals surface area contributed by atoms with E-state index in [-0.39, 0.29) is 11.8 Å². The fourth-order valence-electron chi connectivity index (χ4n) is 2.45. The summed E-state index contributed by atoms with van der Waals surface area (Å²) in [5, 5.41) is 7.55. The minimum absolute atomic E-state index is 0.236. The number of anilines is 1. The third-order valence-corrected chi connectivity index (χ3v) is 4.56. The molecule has 0 aliphatic carbocycles. The molecule has 126 valence electrons. The fourth-order valence-corrected chi connectivity index (χ4v) is 3.07. The molecule has 2 N–H and O–H groups in total. The van der Waals surface area contributed by atoms with Gasteiger partial charge in [0.2, 0.25) is 5.91 Å². The van der Waals surface area contributed by atoms with Gasteiger partial charge in [-0.3, -0.25) is 9.59 Å². The molecule has 2 aromatic carbocycles. The monoisotopic (exact) mass is 350 g/mol. The van der Waals surface area contributed by atoms with E-state index in [1.807, 2.05) is 72.1 Å². The second-order valence-electron chi connectivity index (χ2n) is 5.55. The zero-order valence-corrected chi connectivity index (χ0v) is 14.3. The number of rotatable bonds is 6. The Hall–Kier alpha value is -2.92. The second-order valence-corrected chi connectivity index (χ2v) is 6.50. The summed E-state index contributed by atoms with van der Waals surface area (Å²) < 4.78 is 0. The molecule has 4 nitrogen and oxygen atoms in total. The molecule has 0 saturated heterocycles. The third kappa shape index (κ3) is 4.78. The van der Waals surface area contributed by atoms with Gasteiger partial charge in [-0.05, 0) is 29.1 Å². The number of hydrogen-bond acceptors (Lipinski definition) is 3. The van der Waals surface area contributed by atoms with Crippen molar-refractivity contribution in [3.05, 3.63) is 88.6 Å². The quantitative estimate of drug-likeness (QED) is 0.712. The van der Waals surface area contributed by atoms with E-state index in [0.717, 1.165) is 5.56 Å². The van der Waals surface area contributed by atoms with Gasteiger partial charge >= 0.3 is 0 Å². The summed E-state index contributed by atoms with van der Waals surface area (Å²) in [5.41, 5.74) is 1.69. The van der Waals surface area contributed by atoms with Gasteiger partial charge in [0.15, 0.2) is 0 Å². The van der Waals surface area contributed by atoms with Crippen molar-refractivity contribution in [3.8, 4) is 0 Å². The molecule has 0 spiro atoms. The maximum Gasteiger partial charge on any atom is 0.262 e. The molecule has 0 bridgehead atoms. The number of thiophene rings is 1. The average Bonchev–Trinajstić information content (AvgIpc) is 3.18. The van der Waals surface area contributed by atoms with Crippen LogP contribution in [-0.2, 0) is 11.2 Å². The molecule has 0 fully saturated rings. The van der Waals surface area contributed by atoms with Gasteiger partial charge in [0.1, 0.15) is 6.04 Å². The third-order valence-electron chi connectivity index (χ3n) is 3.69. The summed E-state index contributed by atoms with van der Waals surface area (Å²) in [7, 11) is 0. The summed E-state index contributed by atoms with van der Waals surface area (Å²) in [6, 6.07) is 21.8. The molecular weight excluding hydrogens is 332 g/mol. The van der Waals surface area contributed by atoms with Crippen molar-refractivity contribution < 1.29 is 9.59 Å². The average molecular weight is 350 g/mol. The van der Waals surface area contributed by atoms with Crippen LogP contribution in [-0.4, -0.2) is 17.9 Å². The van der Waals surface area contributed by atoms with Crippen LogP contribution in [0.25, 0.3) is 0 Å². The molecule has 1 atom stereocenters. The van der Waals surface area contributed by atoms with Gasteiger partial charge in [-0.1, -0.05) is 54.6 Å². The van der Waals surface area contributed by atoms with Gasteiger partial charge in [-0.25, -0.2) is 0 Å². The van der Waals surface area contributed by atoms with Gasteiger partial charge in [0.05, 0.1) is 4.88 Å². The molecule has 0 aliphatic heterocycles. The van der Waals surface area contributed by atoms with Crippen molar-refractivity contribution in [1.29, 1.82) is 0 Å². The van der Waals surface area contributed by atoms with Gasteiger partial charge in [-0.2, -0.15) is 0 Å². The summed E-state index contributed by atoms with van der Waals surface area (Å²) in [4.78, 5) is 25.7. The summed E-state index contributed by atoms with van der Waals surface area (Å²) in [5.74, 6) is -0.473. The minimum Gasteiger partial charge on any atom is -0.339 e. The number of carbonyl (C=O) groups is 2. The normalized spacial score (nSPS) is 11.5. The zero-order valence-electron chi connectivity index (χ0n) is 13.5. The molecule has 5 heteroatoms. The maximum absolute atomic E-state index is 12.7. The molecule has 0 unspecified atom stereocenters. The van der Waals surface area contributed by atoms with E-state index in [9.17, 15) is 9.59 Å². The van der Waals surface area contributed by atoms with Crippen LogP contribution >= 0.6 is 11.3 Å². The van der Waals surface area contributed by atoms with Crippen molar-refractivity contribution in [2.24, 2.45) is 0 Å². The van der Waals surface area contributed by atoms with Crippen molar-refractivity contribution in [1.82, 2.24) is 5.32 Å². The van der Waals surface area contributed by atoms with E-state index in [1.165, 1.54) is 11.3 Å². The predicted octanol–water partition coefficient (Wildman–Crippen LogP) is 3.73. The Bertz CT molecular complexity index is 817. The second kappa shape index (κ2) is 8.26. The van der Waals surface area contributed by atoms with Crippen molar-refractivity contribution >= 4 is 28.8 Å². The van der Waals surface area contributed by atoms with Crippen LogP contribution in [0.3, 0.4) is 0 Å². The lowest BCUT2D eigenvalue weighted by Gasteiger charge is -2.18. The lowest BCUT2D eigenvalue weighted by molar-refractivity contribution is -0.118. The van der Waals surface area contributed by atoms with Crippen LogP contribution in [0.4, 0.5) is 5.69 Å². The number of nitrogens with one attached hydrogen (secondary N) is 2. The lowest BCUT2D eigenvalue weighted by atomic mass is 10.0. The molecule has 3 aromatic rings. The summed E-state index contributed by atoms with van der Waals surface area (Å²) >= 11 is 1.35. The molecule has 25 heavy (non-hydrogen) atoms. The van der Waals surface area contributed by atoms with Gasteiger partial charge < -0.3 is 10.6 Å². The Morgan fingerprint density at radius 2 is 1.56 bits per heavy atom. The maximum atomic E-state index is 12.7. The molecular formula is C20H18N2O2S. The van der Waals surface area contributed by atoms with E-state index >= 15 is 0 Å². The number of hydrogen-bond donors (Lipinski definition) is 2. The predicted molar refractivity (Wildman–Crippen MR) is 101 cm³/mol. The van der Waals surface area contributed by atoms with Gasteiger partial charge in [0.25, 0.3) is 5.91 Å². The van der Waals surface area contributed by atoms with Gasteiger partial charge in [0, 0.05) is 12.1 Å². The number of para-hydroxylation sites is 1. The smallest absolute Gasteiger partial charge is 0.262 e. The van der Waals surface area contributed by atoms with E-state index in [0.29, 0.717) is 17.0 Å². The SMILES string of the molecule is O=C(N[C@H](Cc1ccccc1)C(=O)Nc1ccccc1)c1cccs1. The Labute approximate surface area is 150 Å². The highest BCUT2D eigenvalue weighted by Gasteiger charge is 2.22. The van der Waals surface area contributed by atoms with Crippen molar-refractivity contribution in [2.75, 3.05) is 5.32 Å². The molecule has 3 rings (SSSR count). The topological polar surface area (TPSA) is 58.2 Å². The van der Waals surface area contributed by atoms with Crippen LogP contribution in [0.15, 0.2) is 78.2 Å². The lowest BCUT2D eigenvalue weighted by Crippen LogP contribution is -2.45. The van der Waals surface area contributed by atoms with Crippen LogP contribution in [0.1, 0.15) is 15.2 Å². The highest BCUT2D eigenvalue weighted by Crippen LogP contribution is 2.12. The molecule has 0 radical (unpaired) electrons. The molecule has 1 aromatic heterocycles. The largest absolute Gasteiger partial charge is 0.339 e. The highest BCUT2D eigenvalue weighted by atomic mass is 32.1. The van der Waals surface area contributed by atoms with Crippen LogP contribution in [0.2, 0.25) is 0 Å². The van der Waals surface area contributed by atoms with Crippen molar-refractivity contribution in [3.63, 3.8) is 0 Å². The highest BCUT2D eigenvalue weighted by molar-refractivity contribution is 7.12. The van der Waals surface area contributed by atoms with Crippen LogP contribution < -0.4 is 10.6 Å². The van der Waals surface area contributed by atoms with E-state index in [4.69, 9.17) is 0 Å². The zero-order chi connectivity index (χ0) is 17.5. The van der Waals surface area contributed by atoms with Gasteiger partial charge in [-0.15, -0.1) is 11.3 Å². The standard InChI is InChI=1S/C20H18N2O2S/c23-19(21-16-10-5-2-6-11-16)17(14-15-8-3-1-4-9-15)22-20(24)18-12-7-13-25-18/h1-13,17H,14H2,(H,21,23)(H,22,24)/t17-/m1/s1. The minimum atomic E-state index is -0.655. The first-order valence-corrected chi connectivity index (χ1v) is 8.84. The number of amides is 2. The van der Waals surface area contributed by atoms with E-state index < -0.39 is 6.04 Å². The van der Waals surface area contributed by atoms with Crippen LogP contribution in [0.5, 0.6) is 0 Å². The molecule has 0 saturated carbocycles. The summed E-state index contributed by atoms with van der Waals surface area (Å²) in [6.07, 6.45) is 0.427. The number of benzene rings is 2. The van der Waals surface area contributed by atoms with E-state index in [1.54, 1.807) is 6.07 Å². The van der Waals surface area contributed by atoms with Crippen molar-refractivity contribution in [2.45, 2.75) is 12.5 Å². The Morgan fingerprint density at radius 3 is 2.20 bits per heavy atom. The van der Waals surface area contributed by atoms with Crippen LogP contribution in [0, 0.1) is 0 Å².